The fourth-order valence-electron chi connectivity index (χ4n) is 2.89. The van der Waals surface area contributed by atoms with Crippen molar-refractivity contribution in [2.45, 2.75) is 44.0 Å². The van der Waals surface area contributed by atoms with Crippen LogP contribution in [0.2, 0.25) is 0 Å². The quantitative estimate of drug-likeness (QED) is 0.895. The molecule has 0 aliphatic heterocycles. The van der Waals surface area contributed by atoms with Gasteiger partial charge in [-0.25, -0.2) is 15.0 Å². The molecule has 1 fully saturated rings. The lowest BCUT2D eigenvalue weighted by Gasteiger charge is -2.28. The van der Waals surface area contributed by atoms with E-state index in [2.05, 4.69) is 20.3 Å². The maximum Gasteiger partial charge on any atom is 0.433 e. The third-order valence-corrected chi connectivity index (χ3v) is 4.32. The van der Waals surface area contributed by atoms with Crippen LogP contribution in [0.5, 0.6) is 0 Å². The molecule has 1 amide bonds. The van der Waals surface area contributed by atoms with Crippen LogP contribution in [0.15, 0.2) is 24.8 Å². The van der Waals surface area contributed by atoms with Crippen molar-refractivity contribution in [2.24, 2.45) is 0 Å². The number of rotatable bonds is 4. The predicted octanol–water partition coefficient (Wildman–Crippen LogP) is 2.37. The van der Waals surface area contributed by atoms with Gasteiger partial charge in [-0.1, -0.05) is 0 Å². The van der Waals surface area contributed by atoms with Gasteiger partial charge < -0.3 is 10.1 Å². The molecule has 3 rings (SSSR count). The Labute approximate surface area is 147 Å². The van der Waals surface area contributed by atoms with Gasteiger partial charge in [-0.15, -0.1) is 0 Å². The molecule has 7 nitrogen and oxygen atoms in total. The van der Waals surface area contributed by atoms with Crippen molar-refractivity contribution in [1.29, 1.82) is 0 Å². The van der Waals surface area contributed by atoms with Crippen molar-refractivity contribution in [2.75, 3.05) is 7.11 Å². The molecule has 1 aliphatic carbocycles. The molecule has 1 N–H and O–H groups in total. The molecular formula is C16H18F3N5O2. The molecule has 140 valence electrons. The molecule has 2 heterocycles. The molecule has 2 aromatic heterocycles. The first-order valence-electron chi connectivity index (χ1n) is 8.15. The number of aromatic nitrogens is 4. The van der Waals surface area contributed by atoms with Crippen LogP contribution in [0.4, 0.5) is 13.2 Å². The van der Waals surface area contributed by atoms with Crippen LogP contribution in [-0.2, 0) is 10.9 Å². The van der Waals surface area contributed by atoms with Gasteiger partial charge in [-0.2, -0.15) is 13.2 Å². The smallest absolute Gasteiger partial charge is 0.381 e. The Morgan fingerprint density at radius 1 is 1.27 bits per heavy atom. The number of hydrogen-bond donors (Lipinski definition) is 1. The molecule has 0 saturated heterocycles. The molecule has 10 heteroatoms. The first-order chi connectivity index (χ1) is 12.4. The summed E-state index contributed by atoms with van der Waals surface area (Å²) in [6.07, 6.45) is 2.52. The number of carbonyl (C=O) groups excluding carboxylic acids is 1. The zero-order valence-electron chi connectivity index (χ0n) is 14.0. The molecule has 1 aliphatic rings. The maximum atomic E-state index is 13.1. The molecule has 0 radical (unpaired) electrons. The average molecular weight is 369 g/mol. The molecule has 0 bridgehead atoms. The van der Waals surface area contributed by atoms with Gasteiger partial charge in [-0.05, 0) is 25.7 Å². The Morgan fingerprint density at radius 2 is 2.00 bits per heavy atom. The number of hydrogen-bond acceptors (Lipinski definition) is 5. The highest BCUT2D eigenvalue weighted by molar-refractivity contribution is 5.92. The van der Waals surface area contributed by atoms with E-state index < -0.39 is 17.8 Å². The van der Waals surface area contributed by atoms with E-state index in [-0.39, 0.29) is 23.8 Å². The second kappa shape index (κ2) is 7.40. The second-order valence-electron chi connectivity index (χ2n) is 6.09. The monoisotopic (exact) mass is 369 g/mol. The van der Waals surface area contributed by atoms with Gasteiger partial charge in [0.05, 0.1) is 6.10 Å². The summed E-state index contributed by atoms with van der Waals surface area (Å²) in [5.41, 5.74) is -1.51. The molecule has 0 atom stereocenters. The average Bonchev–Trinajstić information content (AvgIpc) is 3.16. The number of ether oxygens (including phenoxy) is 1. The summed E-state index contributed by atoms with van der Waals surface area (Å²) in [5.74, 6) is -0.911. The van der Waals surface area contributed by atoms with Crippen LogP contribution in [0.3, 0.4) is 0 Å². The number of methoxy groups -OCH3 is 1. The van der Waals surface area contributed by atoms with Crippen LogP contribution < -0.4 is 5.32 Å². The SMILES string of the molecule is CO[C@H]1CC[C@H](NC(=O)c2cc(C(F)(F)F)nc(-n3ccnc3)n2)CC1. The minimum absolute atomic E-state index is 0.116. The lowest BCUT2D eigenvalue weighted by Crippen LogP contribution is -2.39. The van der Waals surface area contributed by atoms with Crippen molar-refractivity contribution >= 4 is 5.91 Å². The fourth-order valence-corrected chi connectivity index (χ4v) is 2.89. The van der Waals surface area contributed by atoms with E-state index in [1.54, 1.807) is 7.11 Å². The summed E-state index contributed by atoms with van der Waals surface area (Å²) in [6, 6.07) is 0.547. The van der Waals surface area contributed by atoms with E-state index >= 15 is 0 Å². The number of imidazole rings is 1. The van der Waals surface area contributed by atoms with Gasteiger partial charge in [0.15, 0.2) is 5.69 Å². The molecule has 0 unspecified atom stereocenters. The molecule has 1 saturated carbocycles. The van der Waals surface area contributed by atoms with Crippen molar-refractivity contribution in [1.82, 2.24) is 24.8 Å². The van der Waals surface area contributed by atoms with E-state index in [4.69, 9.17) is 4.74 Å². The predicted molar refractivity (Wildman–Crippen MR) is 84.7 cm³/mol. The van der Waals surface area contributed by atoms with Crippen molar-refractivity contribution in [3.05, 3.63) is 36.2 Å². The van der Waals surface area contributed by atoms with E-state index in [0.717, 1.165) is 12.8 Å². The molecule has 26 heavy (non-hydrogen) atoms. The van der Waals surface area contributed by atoms with E-state index in [9.17, 15) is 18.0 Å². The third-order valence-electron chi connectivity index (χ3n) is 4.32. The number of amides is 1. The van der Waals surface area contributed by atoms with Gasteiger partial charge in [0.25, 0.3) is 5.91 Å². The molecule has 2 aromatic rings. The Kier molecular flexibility index (Phi) is 5.21. The van der Waals surface area contributed by atoms with Crippen molar-refractivity contribution < 1.29 is 22.7 Å². The zero-order chi connectivity index (χ0) is 18.7. The second-order valence-corrected chi connectivity index (χ2v) is 6.09. The Morgan fingerprint density at radius 3 is 2.58 bits per heavy atom. The van der Waals surface area contributed by atoms with Gasteiger partial charge in [0.2, 0.25) is 5.95 Å². The number of alkyl halides is 3. The Hall–Kier alpha value is -2.49. The summed E-state index contributed by atoms with van der Waals surface area (Å²) in [6.45, 7) is 0. The molecule has 0 aromatic carbocycles. The van der Waals surface area contributed by atoms with Crippen molar-refractivity contribution in [3.8, 4) is 5.95 Å². The lowest BCUT2D eigenvalue weighted by molar-refractivity contribution is -0.141. The van der Waals surface area contributed by atoms with Gasteiger partial charge in [0, 0.05) is 31.6 Å². The first-order valence-corrected chi connectivity index (χ1v) is 8.15. The fraction of sp³-hybridized carbons (Fsp3) is 0.500. The highest BCUT2D eigenvalue weighted by atomic mass is 19.4. The van der Waals surface area contributed by atoms with Crippen LogP contribution in [-0.4, -0.2) is 44.7 Å². The summed E-state index contributed by atoms with van der Waals surface area (Å²) in [7, 11) is 1.64. The highest BCUT2D eigenvalue weighted by Crippen LogP contribution is 2.28. The van der Waals surface area contributed by atoms with Crippen LogP contribution >= 0.6 is 0 Å². The van der Waals surface area contributed by atoms with Crippen LogP contribution in [0, 0.1) is 0 Å². The zero-order valence-corrected chi connectivity index (χ0v) is 14.0. The Balaban J connectivity index is 1.82. The Bertz CT molecular complexity index is 756. The topological polar surface area (TPSA) is 81.9 Å². The summed E-state index contributed by atoms with van der Waals surface area (Å²) < 4.78 is 45.9. The number of nitrogens with zero attached hydrogens (tertiary/aromatic N) is 4. The van der Waals surface area contributed by atoms with E-state index in [1.807, 2.05) is 0 Å². The lowest BCUT2D eigenvalue weighted by atomic mass is 9.93. The van der Waals surface area contributed by atoms with Gasteiger partial charge >= 0.3 is 6.18 Å². The first kappa shape index (κ1) is 18.3. The van der Waals surface area contributed by atoms with Gasteiger partial charge in [0.1, 0.15) is 12.0 Å². The molecule has 0 spiro atoms. The number of halogens is 3. The van der Waals surface area contributed by atoms with Crippen LogP contribution in [0.25, 0.3) is 5.95 Å². The number of nitrogens with one attached hydrogen (secondary N) is 1. The normalized spacial score (nSPS) is 20.8. The maximum absolute atomic E-state index is 13.1. The van der Waals surface area contributed by atoms with Gasteiger partial charge in [-0.3, -0.25) is 9.36 Å². The molecular weight excluding hydrogens is 351 g/mol. The minimum Gasteiger partial charge on any atom is -0.381 e. The highest BCUT2D eigenvalue weighted by Gasteiger charge is 2.35. The summed E-state index contributed by atoms with van der Waals surface area (Å²) in [4.78, 5) is 23.7. The van der Waals surface area contributed by atoms with E-state index in [1.165, 1.54) is 23.3 Å². The van der Waals surface area contributed by atoms with E-state index in [0.29, 0.717) is 18.9 Å². The summed E-state index contributed by atoms with van der Waals surface area (Å²) in [5, 5.41) is 2.75. The third kappa shape index (κ3) is 4.18. The van der Waals surface area contributed by atoms with Crippen molar-refractivity contribution in [3.63, 3.8) is 0 Å². The number of carbonyl (C=O) groups is 1. The minimum atomic E-state index is -4.69. The standard InChI is InChI=1S/C16H18F3N5O2/c1-26-11-4-2-10(3-5-11)21-14(25)12-8-13(16(17,18)19)23-15(22-12)24-7-6-20-9-24/h6-11H,2-5H2,1H3,(H,21,25)/t10-,11-. The largest absolute Gasteiger partial charge is 0.433 e. The summed E-state index contributed by atoms with van der Waals surface area (Å²) >= 11 is 0. The van der Waals surface area contributed by atoms with Crippen LogP contribution in [0.1, 0.15) is 41.9 Å².